The minimum atomic E-state index is -1.05. The molecule has 1 amide bonds. The lowest BCUT2D eigenvalue weighted by molar-refractivity contribution is -0.151. The fourth-order valence-electron chi connectivity index (χ4n) is 4.62. The highest BCUT2D eigenvalue weighted by Gasteiger charge is 2.61. The summed E-state index contributed by atoms with van der Waals surface area (Å²) < 4.78 is 0. The van der Waals surface area contributed by atoms with Crippen LogP contribution in [0.1, 0.15) is 20.3 Å². The Bertz CT molecular complexity index is 674. The van der Waals surface area contributed by atoms with Gasteiger partial charge in [-0.25, -0.2) is 4.79 Å². The summed E-state index contributed by atoms with van der Waals surface area (Å²) in [4.78, 5) is 38.7. The van der Waals surface area contributed by atoms with E-state index in [1.54, 1.807) is 25.9 Å². The molecule has 0 bridgehead atoms. The number of Topliss-reactive ketones (excluding diaryl/α,β-unsaturated/α-hetero) is 1. The molecule has 1 saturated carbocycles. The summed E-state index contributed by atoms with van der Waals surface area (Å²) in [5.41, 5.74) is 0.205. The summed E-state index contributed by atoms with van der Waals surface area (Å²) in [6.45, 7) is 4.17. The SMILES string of the molecule is C[C@@H](O)C1C(=O)C2C(C(=O)O)=C(S[C@@H]3CNC(C(=O)N(C)C)C3)[C@H](C)C21. The van der Waals surface area contributed by atoms with Crippen molar-refractivity contribution in [3.8, 4) is 0 Å². The smallest absolute Gasteiger partial charge is 0.333 e. The number of carbonyl (C=O) groups is 3. The Morgan fingerprint density at radius 1 is 1.35 bits per heavy atom. The number of nitrogens with one attached hydrogen (secondary N) is 1. The third-order valence-corrected chi connectivity index (χ3v) is 7.41. The zero-order valence-electron chi connectivity index (χ0n) is 15.4. The summed E-state index contributed by atoms with van der Waals surface area (Å²) >= 11 is 1.49. The number of carbonyl (C=O) groups excluding carboxylic acids is 2. The van der Waals surface area contributed by atoms with Crippen LogP contribution < -0.4 is 5.32 Å². The molecule has 3 N–H and O–H groups in total. The molecule has 1 aliphatic heterocycles. The first-order valence-corrected chi connectivity index (χ1v) is 9.83. The standard InChI is InChI=1S/C18H26N2O5S/c1-7-11-12(8(2)21)15(22)13(11)14(18(24)25)16(7)26-9-5-10(19-6-9)17(23)20(3)4/h7-13,19,21H,5-6H2,1-4H3,(H,24,25)/t7-,8-,9+,10?,11?,12?,13?/m1/s1. The molecule has 0 radical (unpaired) electrons. The second kappa shape index (κ2) is 6.98. The molecule has 0 aromatic rings. The van der Waals surface area contributed by atoms with Gasteiger partial charge in [0.1, 0.15) is 5.78 Å². The van der Waals surface area contributed by atoms with E-state index in [4.69, 9.17) is 0 Å². The van der Waals surface area contributed by atoms with Gasteiger partial charge in [-0.3, -0.25) is 9.59 Å². The lowest BCUT2D eigenvalue weighted by Crippen LogP contribution is -2.53. The van der Waals surface area contributed by atoms with Gasteiger partial charge in [0.25, 0.3) is 0 Å². The molecule has 0 aromatic carbocycles. The lowest BCUT2D eigenvalue weighted by atomic mass is 9.59. The van der Waals surface area contributed by atoms with E-state index in [2.05, 4.69) is 5.32 Å². The molecule has 2 aliphatic carbocycles. The van der Waals surface area contributed by atoms with Gasteiger partial charge in [0.15, 0.2) is 0 Å². The number of aliphatic hydroxyl groups excluding tert-OH is 1. The molecule has 26 heavy (non-hydrogen) atoms. The maximum Gasteiger partial charge on any atom is 0.333 e. The van der Waals surface area contributed by atoms with E-state index < -0.39 is 23.9 Å². The van der Waals surface area contributed by atoms with E-state index in [1.165, 1.54) is 11.8 Å². The second-order valence-corrected chi connectivity index (χ2v) is 9.11. The molecular weight excluding hydrogens is 356 g/mol. The maximum atomic E-state index is 12.4. The normalized spacial score (nSPS) is 37.3. The van der Waals surface area contributed by atoms with Crippen LogP contribution in [0.5, 0.6) is 0 Å². The minimum absolute atomic E-state index is 0.0180. The summed E-state index contributed by atoms with van der Waals surface area (Å²) in [7, 11) is 3.43. The number of aliphatic carboxylic acids is 1. The number of thioether (sulfide) groups is 1. The summed E-state index contributed by atoms with van der Waals surface area (Å²) in [5, 5.41) is 22.9. The number of ketones is 1. The molecule has 1 saturated heterocycles. The first-order valence-electron chi connectivity index (χ1n) is 8.95. The predicted octanol–water partition coefficient (Wildman–Crippen LogP) is 0.339. The Balaban J connectivity index is 1.78. The highest BCUT2D eigenvalue weighted by atomic mass is 32.2. The number of likely N-dealkylation sites (N-methyl/N-ethyl adjacent to an activating group) is 1. The number of amides is 1. The molecule has 8 heteroatoms. The third-order valence-electron chi connectivity index (χ3n) is 5.88. The average Bonchev–Trinajstić information content (AvgIpc) is 3.09. The van der Waals surface area contributed by atoms with Crippen LogP contribution in [0, 0.1) is 23.7 Å². The molecule has 7 nitrogen and oxygen atoms in total. The molecule has 1 heterocycles. The first kappa shape index (κ1) is 19.4. The fraction of sp³-hybridized carbons (Fsp3) is 0.722. The van der Waals surface area contributed by atoms with Crippen LogP contribution in [0.15, 0.2) is 10.5 Å². The zero-order chi connectivity index (χ0) is 19.3. The molecule has 4 unspecified atom stereocenters. The number of hydrogen-bond acceptors (Lipinski definition) is 6. The number of fused-ring (bicyclic) bond motifs is 1. The van der Waals surface area contributed by atoms with Gasteiger partial charge >= 0.3 is 5.97 Å². The lowest BCUT2D eigenvalue weighted by Gasteiger charge is -2.43. The third kappa shape index (κ3) is 2.97. The van der Waals surface area contributed by atoms with Crippen LogP contribution in [-0.4, -0.2) is 70.8 Å². The van der Waals surface area contributed by atoms with Crippen molar-refractivity contribution in [1.29, 1.82) is 0 Å². The van der Waals surface area contributed by atoms with Crippen LogP contribution in [0.3, 0.4) is 0 Å². The van der Waals surface area contributed by atoms with E-state index in [0.29, 0.717) is 13.0 Å². The molecule has 3 aliphatic rings. The molecule has 3 rings (SSSR count). The number of rotatable bonds is 5. The predicted molar refractivity (Wildman–Crippen MR) is 97.5 cm³/mol. The van der Waals surface area contributed by atoms with Gasteiger partial charge in [0.05, 0.1) is 23.6 Å². The van der Waals surface area contributed by atoms with Crippen molar-refractivity contribution in [3.63, 3.8) is 0 Å². The Hall–Kier alpha value is -1.38. The van der Waals surface area contributed by atoms with Crippen LogP contribution in [0.4, 0.5) is 0 Å². The maximum absolute atomic E-state index is 12.4. The molecule has 0 aromatic heterocycles. The van der Waals surface area contributed by atoms with Crippen molar-refractivity contribution < 1.29 is 24.6 Å². The number of carboxylic acids is 1. The minimum Gasteiger partial charge on any atom is -0.478 e. The van der Waals surface area contributed by atoms with E-state index in [0.717, 1.165) is 4.91 Å². The number of allylic oxidation sites excluding steroid dienone is 1. The van der Waals surface area contributed by atoms with Crippen molar-refractivity contribution >= 4 is 29.4 Å². The van der Waals surface area contributed by atoms with Gasteiger partial charge < -0.3 is 20.4 Å². The Morgan fingerprint density at radius 3 is 2.54 bits per heavy atom. The molecule has 144 valence electrons. The number of aliphatic hydroxyl groups is 1. The van der Waals surface area contributed by atoms with Crippen LogP contribution in [0.25, 0.3) is 0 Å². The Morgan fingerprint density at radius 2 is 2.00 bits per heavy atom. The van der Waals surface area contributed by atoms with Crippen molar-refractivity contribution in [2.75, 3.05) is 20.6 Å². The van der Waals surface area contributed by atoms with Gasteiger partial charge in [-0.05, 0) is 30.1 Å². The van der Waals surface area contributed by atoms with Crippen molar-refractivity contribution in [1.82, 2.24) is 10.2 Å². The number of nitrogens with zero attached hydrogens (tertiary/aromatic N) is 1. The molecule has 0 spiro atoms. The summed E-state index contributed by atoms with van der Waals surface area (Å²) in [5.74, 6) is -2.47. The van der Waals surface area contributed by atoms with E-state index in [-0.39, 0.29) is 40.4 Å². The van der Waals surface area contributed by atoms with E-state index in [1.807, 2.05) is 6.92 Å². The van der Waals surface area contributed by atoms with Crippen molar-refractivity contribution in [2.45, 2.75) is 37.7 Å². The Labute approximate surface area is 157 Å². The zero-order valence-corrected chi connectivity index (χ0v) is 16.2. The second-order valence-electron chi connectivity index (χ2n) is 7.76. The largest absolute Gasteiger partial charge is 0.478 e. The summed E-state index contributed by atoms with van der Waals surface area (Å²) in [6, 6.07) is -0.253. The average molecular weight is 382 g/mol. The van der Waals surface area contributed by atoms with Crippen LogP contribution >= 0.6 is 11.8 Å². The fourth-order valence-corrected chi connectivity index (χ4v) is 6.16. The van der Waals surface area contributed by atoms with Gasteiger partial charge in [0.2, 0.25) is 5.91 Å². The molecule has 2 fully saturated rings. The quantitative estimate of drug-likeness (QED) is 0.629. The van der Waals surface area contributed by atoms with Gasteiger partial charge in [-0.1, -0.05) is 6.92 Å². The number of carboxylic acid groups (broad SMARTS) is 1. The van der Waals surface area contributed by atoms with Crippen LogP contribution in [-0.2, 0) is 14.4 Å². The van der Waals surface area contributed by atoms with Crippen molar-refractivity contribution in [3.05, 3.63) is 10.5 Å². The van der Waals surface area contributed by atoms with Gasteiger partial charge in [-0.2, -0.15) is 0 Å². The monoisotopic (exact) mass is 382 g/mol. The number of hydrogen-bond donors (Lipinski definition) is 3. The van der Waals surface area contributed by atoms with Crippen LogP contribution in [0.2, 0.25) is 0 Å². The summed E-state index contributed by atoms with van der Waals surface area (Å²) in [6.07, 6.45) is -0.130. The molecule has 7 atom stereocenters. The molecular formula is C18H26N2O5S. The van der Waals surface area contributed by atoms with Gasteiger partial charge in [0, 0.05) is 31.8 Å². The van der Waals surface area contributed by atoms with E-state index >= 15 is 0 Å². The van der Waals surface area contributed by atoms with E-state index in [9.17, 15) is 24.6 Å². The van der Waals surface area contributed by atoms with Crippen molar-refractivity contribution in [2.24, 2.45) is 23.7 Å². The van der Waals surface area contributed by atoms with Gasteiger partial charge in [-0.15, -0.1) is 11.8 Å². The topological polar surface area (TPSA) is 107 Å². The Kier molecular flexibility index (Phi) is 5.20. The first-order chi connectivity index (χ1) is 12.1. The highest BCUT2D eigenvalue weighted by molar-refractivity contribution is 8.03. The highest BCUT2D eigenvalue weighted by Crippen LogP contribution is 2.58.